The summed E-state index contributed by atoms with van der Waals surface area (Å²) < 4.78 is 7.52. The number of fused-ring (bicyclic) bond motifs is 3. The summed E-state index contributed by atoms with van der Waals surface area (Å²) in [6.45, 7) is 4.13. The van der Waals surface area contributed by atoms with Gasteiger partial charge >= 0.3 is 0 Å². The zero-order valence-corrected chi connectivity index (χ0v) is 14.0. The van der Waals surface area contributed by atoms with Crippen molar-refractivity contribution in [2.75, 3.05) is 6.61 Å². The maximum absolute atomic E-state index is 11.4. The van der Waals surface area contributed by atoms with Crippen molar-refractivity contribution >= 4 is 17.5 Å². The molecule has 1 aliphatic rings. The van der Waals surface area contributed by atoms with Crippen molar-refractivity contribution < 1.29 is 14.6 Å². The quantitative estimate of drug-likeness (QED) is 0.771. The van der Waals surface area contributed by atoms with E-state index >= 15 is 0 Å². The van der Waals surface area contributed by atoms with Crippen LogP contribution in [0.3, 0.4) is 0 Å². The first-order chi connectivity index (χ1) is 11.2. The summed E-state index contributed by atoms with van der Waals surface area (Å²) in [6.07, 6.45) is 1.60. The van der Waals surface area contributed by atoms with E-state index in [4.69, 9.17) is 22.1 Å². The minimum atomic E-state index is -1.13. The van der Waals surface area contributed by atoms with Crippen molar-refractivity contribution in [2.45, 2.75) is 26.0 Å². The van der Waals surface area contributed by atoms with Gasteiger partial charge in [0.2, 0.25) is 0 Å². The Morgan fingerprint density at radius 3 is 2.92 bits per heavy atom. The number of aliphatic hydroxyl groups is 1. The predicted octanol–water partition coefficient (Wildman–Crippen LogP) is 1.82. The lowest BCUT2D eigenvalue weighted by Crippen LogP contribution is -2.14. The highest BCUT2D eigenvalue weighted by molar-refractivity contribution is 6.32. The van der Waals surface area contributed by atoms with Gasteiger partial charge in [-0.3, -0.25) is 4.79 Å². The molecule has 0 radical (unpaired) electrons. The van der Waals surface area contributed by atoms with Gasteiger partial charge in [0.1, 0.15) is 29.5 Å². The summed E-state index contributed by atoms with van der Waals surface area (Å²) >= 11 is 6.26. The zero-order chi connectivity index (χ0) is 17.5. The monoisotopic (exact) mass is 345 g/mol. The second-order valence-corrected chi connectivity index (χ2v) is 6.40. The first-order valence-electron chi connectivity index (χ1n) is 7.34. The van der Waals surface area contributed by atoms with Crippen LogP contribution in [0, 0.1) is 11.8 Å². The van der Waals surface area contributed by atoms with Gasteiger partial charge in [0.25, 0.3) is 5.91 Å². The Hall–Kier alpha value is -2.49. The molecule has 0 spiro atoms. The van der Waals surface area contributed by atoms with Crippen LogP contribution in [0.2, 0.25) is 5.02 Å². The minimum absolute atomic E-state index is 0.192. The molecule has 2 aromatic rings. The van der Waals surface area contributed by atoms with E-state index in [0.717, 1.165) is 0 Å². The molecule has 0 aliphatic carbocycles. The maximum atomic E-state index is 11.4. The molecule has 1 aliphatic heterocycles. The third kappa shape index (κ3) is 3.23. The van der Waals surface area contributed by atoms with E-state index in [-0.39, 0.29) is 5.69 Å². The number of ether oxygens (including phenoxy) is 1. The number of benzene rings is 1. The van der Waals surface area contributed by atoms with Gasteiger partial charge in [0, 0.05) is 17.8 Å². The molecule has 0 fully saturated rings. The van der Waals surface area contributed by atoms with Crippen molar-refractivity contribution in [1.82, 2.24) is 9.55 Å². The summed E-state index contributed by atoms with van der Waals surface area (Å²) in [5.41, 5.74) is 5.58. The molecule has 0 bridgehead atoms. The molecule has 24 heavy (non-hydrogen) atoms. The van der Waals surface area contributed by atoms with Crippen molar-refractivity contribution in [3.8, 4) is 29.0 Å². The van der Waals surface area contributed by atoms with Crippen LogP contribution in [0.1, 0.15) is 29.9 Å². The number of halogens is 1. The summed E-state index contributed by atoms with van der Waals surface area (Å²) in [5.74, 6) is 6.14. The molecule has 0 saturated carbocycles. The number of nitrogens with zero attached hydrogens (tertiary/aromatic N) is 2. The molecule has 3 rings (SSSR count). The minimum Gasteiger partial charge on any atom is -0.491 e. The highest BCUT2D eigenvalue weighted by atomic mass is 35.5. The molecule has 2 heterocycles. The number of amides is 1. The first-order valence-corrected chi connectivity index (χ1v) is 7.71. The fraction of sp³-hybridized carbons (Fsp3) is 0.294. The summed E-state index contributed by atoms with van der Waals surface area (Å²) in [5, 5.41) is 10.2. The van der Waals surface area contributed by atoms with Gasteiger partial charge < -0.3 is 20.1 Å². The smallest absolute Gasteiger partial charge is 0.268 e. The number of hydrogen-bond acceptors (Lipinski definition) is 4. The molecule has 3 N–H and O–H groups in total. The fourth-order valence-corrected chi connectivity index (χ4v) is 2.54. The Morgan fingerprint density at radius 2 is 2.25 bits per heavy atom. The topological polar surface area (TPSA) is 90.4 Å². The molecule has 0 saturated heterocycles. The number of aromatic nitrogens is 2. The average molecular weight is 346 g/mol. The molecular formula is C17H16ClN3O3. The number of carbonyl (C=O) groups excluding carboxylic acids is 1. The average Bonchev–Trinajstić information content (AvgIpc) is 2.83. The molecule has 1 amide bonds. The Kier molecular flexibility index (Phi) is 3.99. The van der Waals surface area contributed by atoms with Crippen molar-refractivity contribution in [3.05, 3.63) is 34.6 Å². The van der Waals surface area contributed by atoms with Gasteiger partial charge in [-0.1, -0.05) is 23.4 Å². The van der Waals surface area contributed by atoms with E-state index in [2.05, 4.69) is 16.8 Å². The lowest BCUT2D eigenvalue weighted by atomic mass is 10.1. The van der Waals surface area contributed by atoms with Gasteiger partial charge in [0.05, 0.1) is 17.1 Å². The van der Waals surface area contributed by atoms with Gasteiger partial charge in [-0.2, -0.15) is 0 Å². The maximum Gasteiger partial charge on any atom is 0.268 e. The zero-order valence-electron chi connectivity index (χ0n) is 13.3. The van der Waals surface area contributed by atoms with Crippen molar-refractivity contribution in [1.29, 1.82) is 0 Å². The third-order valence-electron chi connectivity index (χ3n) is 3.43. The lowest BCUT2D eigenvalue weighted by Gasteiger charge is -2.09. The Morgan fingerprint density at radius 1 is 1.50 bits per heavy atom. The molecular weight excluding hydrogens is 330 g/mol. The molecule has 124 valence electrons. The van der Waals surface area contributed by atoms with E-state index in [1.807, 2.05) is 4.57 Å². The number of rotatable bonds is 1. The first kappa shape index (κ1) is 16.4. The van der Waals surface area contributed by atoms with Crippen molar-refractivity contribution in [2.24, 2.45) is 5.73 Å². The molecule has 0 unspecified atom stereocenters. The van der Waals surface area contributed by atoms with Crippen LogP contribution < -0.4 is 10.5 Å². The lowest BCUT2D eigenvalue weighted by molar-refractivity contribution is 0.0995. The second-order valence-electron chi connectivity index (χ2n) is 5.99. The van der Waals surface area contributed by atoms with E-state index in [1.54, 1.807) is 32.2 Å². The Balaban J connectivity index is 2.16. The fourth-order valence-electron chi connectivity index (χ4n) is 2.34. The van der Waals surface area contributed by atoms with Crippen molar-refractivity contribution in [3.63, 3.8) is 0 Å². The van der Waals surface area contributed by atoms with Crippen LogP contribution in [0.5, 0.6) is 5.75 Å². The van der Waals surface area contributed by atoms with Gasteiger partial charge in [-0.05, 0) is 19.9 Å². The highest BCUT2D eigenvalue weighted by Crippen LogP contribution is 2.36. The van der Waals surface area contributed by atoms with Gasteiger partial charge in [-0.15, -0.1) is 0 Å². The molecule has 1 aromatic carbocycles. The number of nitrogens with two attached hydrogens (primary N) is 1. The molecule has 6 nitrogen and oxygen atoms in total. The Labute approximate surface area is 144 Å². The summed E-state index contributed by atoms with van der Waals surface area (Å²) in [7, 11) is 0. The largest absolute Gasteiger partial charge is 0.491 e. The van der Waals surface area contributed by atoms with Crippen LogP contribution in [0.25, 0.3) is 11.4 Å². The number of hydrogen-bond donors (Lipinski definition) is 2. The van der Waals surface area contributed by atoms with E-state index in [1.165, 1.54) is 0 Å². The summed E-state index contributed by atoms with van der Waals surface area (Å²) in [6, 6.07) is 3.41. The summed E-state index contributed by atoms with van der Waals surface area (Å²) in [4.78, 5) is 15.7. The third-order valence-corrected chi connectivity index (χ3v) is 3.74. The van der Waals surface area contributed by atoms with E-state index in [9.17, 15) is 9.90 Å². The SMILES string of the molecule is CC(C)(O)C#Cc1cc2c(cc1Cl)OCCn1cc(C(N)=O)nc1-2. The molecule has 7 heteroatoms. The van der Waals surface area contributed by atoms with Crippen LogP contribution in [-0.4, -0.2) is 32.8 Å². The molecule has 0 atom stereocenters. The normalized spacial score (nSPS) is 13.0. The van der Waals surface area contributed by atoms with Crippen LogP contribution >= 0.6 is 11.6 Å². The standard InChI is InChI=1S/C17H16ClN3O3/c1-17(2,23)4-3-10-7-11-14(8-12(10)18)24-6-5-21-9-13(15(19)22)20-16(11)21/h7-9,23H,5-6H2,1-2H3,(H2,19,22). The second kappa shape index (κ2) is 5.86. The molecule has 1 aromatic heterocycles. The van der Waals surface area contributed by atoms with Crippen LogP contribution in [0.4, 0.5) is 0 Å². The van der Waals surface area contributed by atoms with Gasteiger partial charge in [0.15, 0.2) is 0 Å². The predicted molar refractivity (Wildman–Crippen MR) is 89.9 cm³/mol. The number of primary amides is 1. The van der Waals surface area contributed by atoms with E-state index in [0.29, 0.717) is 40.9 Å². The van der Waals surface area contributed by atoms with E-state index < -0.39 is 11.5 Å². The Bertz CT molecular complexity index is 885. The van der Waals surface area contributed by atoms with Gasteiger partial charge in [-0.25, -0.2) is 4.98 Å². The van der Waals surface area contributed by atoms with Crippen LogP contribution in [0.15, 0.2) is 18.3 Å². The number of imidazole rings is 1. The van der Waals surface area contributed by atoms with Crippen LogP contribution in [-0.2, 0) is 6.54 Å². The highest BCUT2D eigenvalue weighted by Gasteiger charge is 2.21. The number of carbonyl (C=O) groups is 1.